The Kier molecular flexibility index (Phi) is 4.25. The molecular formula is C14H19N3OS2. The van der Waals surface area contributed by atoms with Gasteiger partial charge in [-0.05, 0) is 45.9 Å². The van der Waals surface area contributed by atoms with E-state index in [1.165, 1.54) is 11.8 Å². The number of fused-ring (bicyclic) bond motifs is 1. The van der Waals surface area contributed by atoms with E-state index in [9.17, 15) is 4.79 Å². The predicted octanol–water partition coefficient (Wildman–Crippen LogP) is 3.27. The van der Waals surface area contributed by atoms with Crippen molar-refractivity contribution in [2.45, 2.75) is 42.8 Å². The molecule has 4 nitrogen and oxygen atoms in total. The summed E-state index contributed by atoms with van der Waals surface area (Å²) in [4.78, 5) is 16.6. The molecule has 0 bridgehead atoms. The second-order valence-electron chi connectivity index (χ2n) is 5.71. The first-order valence-corrected chi connectivity index (χ1v) is 8.09. The van der Waals surface area contributed by atoms with Crippen molar-refractivity contribution in [3.8, 4) is 0 Å². The van der Waals surface area contributed by atoms with Crippen LogP contribution < -0.4 is 11.1 Å². The summed E-state index contributed by atoms with van der Waals surface area (Å²) in [5.41, 5.74) is 7.20. The Hall–Kier alpha value is -1.27. The number of carbonyl (C=O) groups excluding carboxylic acids is 1. The molecule has 20 heavy (non-hydrogen) atoms. The fourth-order valence-corrected chi connectivity index (χ4v) is 3.91. The standard InChI is InChI=1S/C14H19N3OS2/c1-8(12(18)17-14(2,3)4)19-13-16-10-6-5-9(15)7-11(10)20-13/h5-8H,15H2,1-4H3,(H,17,18). The molecule has 108 valence electrons. The molecule has 0 saturated heterocycles. The summed E-state index contributed by atoms with van der Waals surface area (Å²) < 4.78 is 1.94. The molecule has 1 heterocycles. The minimum Gasteiger partial charge on any atom is -0.399 e. The molecule has 0 aliphatic rings. The number of anilines is 1. The second kappa shape index (κ2) is 5.61. The number of benzene rings is 1. The molecule has 0 aliphatic carbocycles. The third-order valence-corrected chi connectivity index (χ3v) is 4.75. The molecule has 2 rings (SSSR count). The van der Waals surface area contributed by atoms with E-state index in [4.69, 9.17) is 5.73 Å². The molecule has 0 fully saturated rings. The largest absolute Gasteiger partial charge is 0.399 e. The summed E-state index contributed by atoms with van der Waals surface area (Å²) in [6, 6.07) is 5.66. The zero-order valence-corrected chi connectivity index (χ0v) is 13.7. The number of thioether (sulfide) groups is 1. The lowest BCUT2D eigenvalue weighted by Crippen LogP contribution is -2.44. The van der Waals surface area contributed by atoms with E-state index in [-0.39, 0.29) is 16.7 Å². The molecule has 6 heteroatoms. The minimum atomic E-state index is -0.214. The van der Waals surface area contributed by atoms with Gasteiger partial charge in [0.2, 0.25) is 5.91 Å². The van der Waals surface area contributed by atoms with Crippen molar-refractivity contribution in [3.63, 3.8) is 0 Å². The number of nitrogens with two attached hydrogens (primary N) is 1. The van der Waals surface area contributed by atoms with Gasteiger partial charge in [-0.3, -0.25) is 4.79 Å². The van der Waals surface area contributed by atoms with Gasteiger partial charge in [0.1, 0.15) is 0 Å². The number of thiazole rings is 1. The first kappa shape index (κ1) is 15.1. The van der Waals surface area contributed by atoms with Crippen molar-refractivity contribution in [3.05, 3.63) is 18.2 Å². The Labute approximate surface area is 127 Å². The fraction of sp³-hybridized carbons (Fsp3) is 0.429. The molecule has 0 spiro atoms. The maximum absolute atomic E-state index is 12.1. The van der Waals surface area contributed by atoms with E-state index < -0.39 is 0 Å². The van der Waals surface area contributed by atoms with E-state index in [2.05, 4.69) is 10.3 Å². The van der Waals surface area contributed by atoms with Crippen molar-refractivity contribution in [2.24, 2.45) is 0 Å². The first-order valence-electron chi connectivity index (χ1n) is 6.39. The summed E-state index contributed by atoms with van der Waals surface area (Å²) in [7, 11) is 0. The average Bonchev–Trinajstić information content (AvgIpc) is 2.67. The van der Waals surface area contributed by atoms with Gasteiger partial charge in [-0.1, -0.05) is 11.8 Å². The number of nitrogen functional groups attached to an aromatic ring is 1. The first-order chi connectivity index (χ1) is 9.24. The van der Waals surface area contributed by atoms with Gasteiger partial charge in [-0.15, -0.1) is 11.3 Å². The van der Waals surface area contributed by atoms with Crippen molar-refractivity contribution in [1.82, 2.24) is 10.3 Å². The number of amides is 1. The van der Waals surface area contributed by atoms with E-state index in [0.29, 0.717) is 0 Å². The molecule has 1 amide bonds. The van der Waals surface area contributed by atoms with Crippen LogP contribution in [0.4, 0.5) is 5.69 Å². The summed E-state index contributed by atoms with van der Waals surface area (Å²) in [6.07, 6.45) is 0. The van der Waals surface area contributed by atoms with Crippen molar-refractivity contribution < 1.29 is 4.79 Å². The van der Waals surface area contributed by atoms with E-state index >= 15 is 0 Å². The maximum Gasteiger partial charge on any atom is 0.233 e. The van der Waals surface area contributed by atoms with E-state index in [1.54, 1.807) is 11.3 Å². The van der Waals surface area contributed by atoms with Gasteiger partial charge in [0.05, 0.1) is 15.5 Å². The fourth-order valence-electron chi connectivity index (χ4n) is 1.65. The van der Waals surface area contributed by atoms with Crippen LogP contribution in [-0.2, 0) is 4.79 Å². The molecule has 2 aromatic rings. The molecule has 3 N–H and O–H groups in total. The van der Waals surface area contributed by atoms with Crippen LogP contribution in [0, 0.1) is 0 Å². The Morgan fingerprint density at radius 2 is 2.15 bits per heavy atom. The SMILES string of the molecule is CC(Sc1nc2ccc(N)cc2s1)C(=O)NC(C)(C)C. The number of hydrogen-bond acceptors (Lipinski definition) is 5. The van der Waals surface area contributed by atoms with Crippen molar-refractivity contribution in [2.75, 3.05) is 5.73 Å². The highest BCUT2D eigenvalue weighted by Crippen LogP contribution is 2.33. The van der Waals surface area contributed by atoms with Gasteiger partial charge >= 0.3 is 0 Å². The van der Waals surface area contributed by atoms with Gasteiger partial charge in [0.15, 0.2) is 4.34 Å². The molecular weight excluding hydrogens is 290 g/mol. The Balaban J connectivity index is 2.09. The molecule has 1 aromatic carbocycles. The zero-order chi connectivity index (χ0) is 14.9. The van der Waals surface area contributed by atoms with Crippen LogP contribution in [-0.4, -0.2) is 21.7 Å². The van der Waals surface area contributed by atoms with Crippen molar-refractivity contribution >= 4 is 44.9 Å². The predicted molar refractivity (Wildman–Crippen MR) is 87.2 cm³/mol. The third kappa shape index (κ3) is 3.86. The third-order valence-electron chi connectivity index (χ3n) is 2.54. The molecule has 1 atom stereocenters. The molecule has 0 radical (unpaired) electrons. The van der Waals surface area contributed by atoms with Crippen LogP contribution in [0.2, 0.25) is 0 Å². The van der Waals surface area contributed by atoms with E-state index in [1.807, 2.05) is 45.9 Å². The van der Waals surface area contributed by atoms with Crippen LogP contribution in [0.1, 0.15) is 27.7 Å². The number of hydrogen-bond donors (Lipinski definition) is 2. The molecule has 1 unspecified atom stereocenters. The molecule has 0 saturated carbocycles. The van der Waals surface area contributed by atoms with Gasteiger partial charge in [0, 0.05) is 11.2 Å². The van der Waals surface area contributed by atoms with Gasteiger partial charge < -0.3 is 11.1 Å². The van der Waals surface area contributed by atoms with Crippen molar-refractivity contribution in [1.29, 1.82) is 0 Å². The number of nitrogens with zero attached hydrogens (tertiary/aromatic N) is 1. The van der Waals surface area contributed by atoms with Gasteiger partial charge in [0.25, 0.3) is 0 Å². The lowest BCUT2D eigenvalue weighted by atomic mass is 10.1. The number of carbonyl (C=O) groups is 1. The van der Waals surface area contributed by atoms with Gasteiger partial charge in [-0.2, -0.15) is 0 Å². The summed E-state index contributed by atoms with van der Waals surface area (Å²) in [6.45, 7) is 7.82. The van der Waals surface area contributed by atoms with Crippen LogP contribution >= 0.6 is 23.1 Å². The van der Waals surface area contributed by atoms with Gasteiger partial charge in [-0.25, -0.2) is 4.98 Å². The Bertz CT molecular complexity index is 631. The Morgan fingerprint density at radius 3 is 2.80 bits per heavy atom. The topological polar surface area (TPSA) is 68.0 Å². The molecule has 1 aromatic heterocycles. The second-order valence-corrected chi connectivity index (χ2v) is 8.32. The average molecular weight is 309 g/mol. The number of nitrogens with one attached hydrogen (secondary N) is 1. The smallest absolute Gasteiger partial charge is 0.233 e. The maximum atomic E-state index is 12.1. The Morgan fingerprint density at radius 1 is 1.45 bits per heavy atom. The quantitative estimate of drug-likeness (QED) is 0.674. The zero-order valence-electron chi connectivity index (χ0n) is 12.1. The van der Waals surface area contributed by atoms with E-state index in [0.717, 1.165) is 20.2 Å². The van der Waals surface area contributed by atoms with Crippen LogP contribution in [0.25, 0.3) is 10.2 Å². The highest BCUT2D eigenvalue weighted by Gasteiger charge is 2.21. The van der Waals surface area contributed by atoms with Crippen LogP contribution in [0.5, 0.6) is 0 Å². The lowest BCUT2D eigenvalue weighted by Gasteiger charge is -2.22. The monoisotopic (exact) mass is 309 g/mol. The van der Waals surface area contributed by atoms with Crippen LogP contribution in [0.15, 0.2) is 22.5 Å². The minimum absolute atomic E-state index is 0.0290. The number of aromatic nitrogens is 1. The van der Waals surface area contributed by atoms with Crippen LogP contribution in [0.3, 0.4) is 0 Å². The molecule has 0 aliphatic heterocycles. The lowest BCUT2D eigenvalue weighted by molar-refractivity contribution is -0.121. The number of rotatable bonds is 3. The highest BCUT2D eigenvalue weighted by molar-refractivity contribution is 8.02. The summed E-state index contributed by atoms with van der Waals surface area (Å²) >= 11 is 3.05. The summed E-state index contributed by atoms with van der Waals surface area (Å²) in [5.74, 6) is 0.0290. The normalized spacial score (nSPS) is 13.4. The highest BCUT2D eigenvalue weighted by atomic mass is 32.2. The summed E-state index contributed by atoms with van der Waals surface area (Å²) in [5, 5.41) is 2.81.